The van der Waals surface area contributed by atoms with Gasteiger partial charge in [-0.25, -0.2) is 0 Å². The fourth-order valence-corrected chi connectivity index (χ4v) is 3.12. The first-order valence-corrected chi connectivity index (χ1v) is 8.73. The molecular formula is C18H28N4O4. The highest BCUT2D eigenvalue weighted by molar-refractivity contribution is 5.95. The summed E-state index contributed by atoms with van der Waals surface area (Å²) in [6.07, 6.45) is -0.288. The van der Waals surface area contributed by atoms with Crippen LogP contribution in [0.15, 0.2) is 4.79 Å². The van der Waals surface area contributed by atoms with Gasteiger partial charge in [-0.1, -0.05) is 0 Å². The molecule has 1 saturated heterocycles. The Kier molecular flexibility index (Phi) is 6.20. The number of aromatic nitrogens is 1. The van der Waals surface area contributed by atoms with Crippen molar-refractivity contribution >= 4 is 11.8 Å². The molecule has 0 saturated carbocycles. The first-order chi connectivity index (χ1) is 12.1. The van der Waals surface area contributed by atoms with Crippen molar-refractivity contribution in [2.75, 3.05) is 33.7 Å². The van der Waals surface area contributed by atoms with Crippen LogP contribution in [-0.2, 0) is 4.79 Å². The van der Waals surface area contributed by atoms with Gasteiger partial charge in [-0.15, -0.1) is 0 Å². The second kappa shape index (κ2) is 8.01. The van der Waals surface area contributed by atoms with E-state index < -0.39 is 23.6 Å². The minimum atomic E-state index is -0.798. The molecular weight excluding hydrogens is 336 g/mol. The summed E-state index contributed by atoms with van der Waals surface area (Å²) < 4.78 is 0. The fourth-order valence-electron chi connectivity index (χ4n) is 3.12. The Balaban J connectivity index is 2.05. The molecule has 1 aliphatic heterocycles. The van der Waals surface area contributed by atoms with Gasteiger partial charge in [0.2, 0.25) is 5.91 Å². The van der Waals surface area contributed by atoms with Crippen molar-refractivity contribution in [2.45, 2.75) is 39.3 Å². The molecule has 1 aromatic heterocycles. The van der Waals surface area contributed by atoms with Gasteiger partial charge in [0.15, 0.2) is 0 Å². The van der Waals surface area contributed by atoms with Gasteiger partial charge in [-0.2, -0.15) is 0 Å². The van der Waals surface area contributed by atoms with E-state index in [2.05, 4.69) is 10.3 Å². The maximum absolute atomic E-state index is 12.6. The lowest BCUT2D eigenvalue weighted by atomic mass is 9.99. The average molecular weight is 364 g/mol. The van der Waals surface area contributed by atoms with Crippen molar-refractivity contribution in [1.82, 2.24) is 20.1 Å². The molecule has 2 amide bonds. The zero-order valence-corrected chi connectivity index (χ0v) is 16.0. The number of piperidine rings is 1. The summed E-state index contributed by atoms with van der Waals surface area (Å²) in [6, 6.07) is -0.450. The number of aromatic amines is 1. The molecule has 0 spiro atoms. The normalized spacial score (nSPS) is 20.7. The second-order valence-corrected chi connectivity index (χ2v) is 7.16. The number of aliphatic hydroxyl groups excluding tert-OH is 1. The number of H-pyrrole nitrogens is 1. The molecule has 0 aromatic carbocycles. The van der Waals surface area contributed by atoms with E-state index in [-0.39, 0.29) is 18.0 Å². The van der Waals surface area contributed by atoms with Crippen LogP contribution in [0.3, 0.4) is 0 Å². The van der Waals surface area contributed by atoms with Gasteiger partial charge >= 0.3 is 0 Å². The number of carbonyl (C=O) groups is 2. The second-order valence-electron chi connectivity index (χ2n) is 7.16. The first-order valence-electron chi connectivity index (χ1n) is 8.73. The Morgan fingerprint density at radius 3 is 2.50 bits per heavy atom. The van der Waals surface area contributed by atoms with E-state index in [0.29, 0.717) is 25.1 Å². The highest BCUT2D eigenvalue weighted by Crippen LogP contribution is 2.15. The van der Waals surface area contributed by atoms with E-state index in [1.807, 2.05) is 11.8 Å². The number of aryl methyl sites for hydroxylation is 1. The minimum absolute atomic E-state index is 0.0306. The molecule has 8 heteroatoms. The molecule has 0 bridgehead atoms. The molecule has 144 valence electrons. The van der Waals surface area contributed by atoms with Crippen molar-refractivity contribution < 1.29 is 14.7 Å². The smallest absolute Gasteiger partial charge is 0.261 e. The van der Waals surface area contributed by atoms with Crippen LogP contribution >= 0.6 is 0 Å². The third-order valence-corrected chi connectivity index (χ3v) is 5.10. The number of pyridine rings is 1. The summed E-state index contributed by atoms with van der Waals surface area (Å²) in [6.45, 7) is 6.52. The van der Waals surface area contributed by atoms with Crippen molar-refractivity contribution in [1.29, 1.82) is 0 Å². The lowest BCUT2D eigenvalue weighted by molar-refractivity contribution is -0.130. The minimum Gasteiger partial charge on any atom is -0.390 e. The zero-order valence-electron chi connectivity index (χ0n) is 16.0. The SMILES string of the molecule is Cc1[nH]c(=O)c(C(=O)N[C@@H]2CCN(CC(=O)N(C)C)C[C@H]2O)c(C)c1C. The molecule has 8 nitrogen and oxygen atoms in total. The summed E-state index contributed by atoms with van der Waals surface area (Å²) in [5.74, 6) is -0.509. The number of carbonyl (C=O) groups excluding carboxylic acids is 2. The molecule has 26 heavy (non-hydrogen) atoms. The van der Waals surface area contributed by atoms with Gasteiger partial charge in [-0.3, -0.25) is 19.3 Å². The van der Waals surface area contributed by atoms with E-state index in [9.17, 15) is 19.5 Å². The van der Waals surface area contributed by atoms with Crippen LogP contribution in [0.5, 0.6) is 0 Å². The Morgan fingerprint density at radius 2 is 1.92 bits per heavy atom. The number of likely N-dealkylation sites (tertiary alicyclic amines) is 1. The monoisotopic (exact) mass is 364 g/mol. The third-order valence-electron chi connectivity index (χ3n) is 5.10. The molecule has 1 aromatic rings. The van der Waals surface area contributed by atoms with E-state index in [4.69, 9.17) is 0 Å². The quantitative estimate of drug-likeness (QED) is 0.671. The Bertz CT molecular complexity index is 756. The average Bonchev–Trinajstić information content (AvgIpc) is 2.55. The molecule has 1 fully saturated rings. The van der Waals surface area contributed by atoms with Gasteiger partial charge in [0, 0.05) is 32.9 Å². The highest BCUT2D eigenvalue weighted by atomic mass is 16.3. The fraction of sp³-hybridized carbons (Fsp3) is 0.611. The Hall–Kier alpha value is -2.19. The number of hydrogen-bond acceptors (Lipinski definition) is 5. The number of nitrogens with one attached hydrogen (secondary N) is 2. The topological polar surface area (TPSA) is 106 Å². The molecule has 1 aliphatic rings. The van der Waals surface area contributed by atoms with E-state index >= 15 is 0 Å². The largest absolute Gasteiger partial charge is 0.390 e. The first kappa shape index (κ1) is 20.1. The molecule has 2 rings (SSSR count). The van der Waals surface area contributed by atoms with E-state index in [1.165, 1.54) is 4.90 Å². The molecule has 0 aliphatic carbocycles. The third kappa shape index (κ3) is 4.31. The number of hydrogen-bond donors (Lipinski definition) is 3. The van der Waals surface area contributed by atoms with Crippen LogP contribution in [0.2, 0.25) is 0 Å². The molecule has 3 N–H and O–H groups in total. The summed E-state index contributed by atoms with van der Waals surface area (Å²) in [4.78, 5) is 42.6. The summed E-state index contributed by atoms with van der Waals surface area (Å²) in [5.41, 5.74) is 1.92. The van der Waals surface area contributed by atoms with Gasteiger partial charge in [-0.05, 0) is 38.3 Å². The van der Waals surface area contributed by atoms with Crippen LogP contribution in [0.1, 0.15) is 33.6 Å². The van der Waals surface area contributed by atoms with Gasteiger partial charge < -0.3 is 20.3 Å². The maximum atomic E-state index is 12.6. The van der Waals surface area contributed by atoms with Crippen LogP contribution in [0.25, 0.3) is 0 Å². The van der Waals surface area contributed by atoms with Gasteiger partial charge in [0.05, 0.1) is 18.7 Å². The van der Waals surface area contributed by atoms with Crippen LogP contribution in [-0.4, -0.2) is 77.6 Å². The van der Waals surface area contributed by atoms with Crippen molar-refractivity contribution in [2.24, 2.45) is 0 Å². The summed E-state index contributed by atoms with van der Waals surface area (Å²) >= 11 is 0. The number of amides is 2. The predicted octanol–water partition coefficient (Wildman–Crippen LogP) is -0.447. The van der Waals surface area contributed by atoms with Crippen molar-refractivity contribution in [3.8, 4) is 0 Å². The van der Waals surface area contributed by atoms with E-state index in [1.54, 1.807) is 27.9 Å². The van der Waals surface area contributed by atoms with Crippen LogP contribution in [0.4, 0.5) is 0 Å². The molecule has 0 unspecified atom stereocenters. The Labute approximate surface area is 153 Å². The highest BCUT2D eigenvalue weighted by Gasteiger charge is 2.31. The zero-order chi connectivity index (χ0) is 19.6. The summed E-state index contributed by atoms with van der Waals surface area (Å²) in [7, 11) is 3.38. The molecule has 2 heterocycles. The van der Waals surface area contributed by atoms with Gasteiger partial charge in [0.1, 0.15) is 5.56 Å². The Morgan fingerprint density at radius 1 is 1.27 bits per heavy atom. The van der Waals surface area contributed by atoms with Crippen molar-refractivity contribution in [3.05, 3.63) is 32.7 Å². The number of aliphatic hydroxyl groups is 1. The lowest BCUT2D eigenvalue weighted by Gasteiger charge is -2.36. The van der Waals surface area contributed by atoms with Gasteiger partial charge in [0.25, 0.3) is 11.5 Å². The predicted molar refractivity (Wildman–Crippen MR) is 98.3 cm³/mol. The maximum Gasteiger partial charge on any atom is 0.261 e. The standard InChI is InChI=1S/C18H28N4O4/c1-10-11(2)16(17(25)19-12(10)3)18(26)20-13-6-7-22(8-14(13)23)9-15(24)21(4)5/h13-14,23H,6-9H2,1-5H3,(H,19,25)(H,20,26)/t13-,14-/m1/s1. The van der Waals surface area contributed by atoms with Crippen LogP contribution in [0, 0.1) is 20.8 Å². The van der Waals surface area contributed by atoms with Crippen molar-refractivity contribution in [3.63, 3.8) is 0 Å². The summed E-state index contributed by atoms with van der Waals surface area (Å²) in [5, 5.41) is 13.1. The molecule has 0 radical (unpaired) electrons. The number of likely N-dealkylation sites (N-methyl/N-ethyl adjacent to an activating group) is 1. The van der Waals surface area contributed by atoms with E-state index in [0.717, 1.165) is 11.3 Å². The van der Waals surface area contributed by atoms with Crippen LogP contribution < -0.4 is 10.9 Å². The lowest BCUT2D eigenvalue weighted by Crippen LogP contribution is -2.55. The number of rotatable bonds is 4. The molecule has 2 atom stereocenters. The number of β-amino-alcohol motifs (C(OH)–C–C–N with tert-alkyl or cyclic N) is 1. The number of nitrogens with zero attached hydrogens (tertiary/aromatic N) is 2.